The summed E-state index contributed by atoms with van der Waals surface area (Å²) in [6, 6.07) is 2.39. The molecule has 0 bridgehead atoms. The molecule has 75 heavy (non-hydrogen) atoms. The lowest BCUT2D eigenvalue weighted by Crippen LogP contribution is -2.51. The molecule has 1 rings (SSSR count). The quantitative estimate of drug-likeness (QED) is 0.204. The summed E-state index contributed by atoms with van der Waals surface area (Å²) in [5.41, 5.74) is 0.104. The van der Waals surface area contributed by atoms with Crippen LogP contribution in [0.2, 0.25) is 0 Å². The summed E-state index contributed by atoms with van der Waals surface area (Å²) >= 11 is 0. The first-order valence-corrected chi connectivity index (χ1v) is 22.7. The Kier molecular flexibility index (Phi) is 30.9. The van der Waals surface area contributed by atoms with Crippen LogP contribution in [0, 0.1) is 0 Å². The third-order valence-electron chi connectivity index (χ3n) is 10.1. The van der Waals surface area contributed by atoms with E-state index in [4.69, 9.17) is 24.1 Å². The van der Waals surface area contributed by atoms with E-state index < -0.39 is 114 Å². The molecule has 12 amide bonds. The van der Waals surface area contributed by atoms with Crippen molar-refractivity contribution in [3.05, 3.63) is 35.9 Å². The van der Waals surface area contributed by atoms with Crippen LogP contribution in [0.5, 0.6) is 0 Å². The Hall–Kier alpha value is -7.74. The molecule has 1 N–H and O–H groups in total. The lowest BCUT2D eigenvalue weighted by atomic mass is 10.2. The number of ether oxygens (including phenoxy) is 5. The van der Waals surface area contributed by atoms with Crippen LogP contribution < -0.4 is 0 Å². The molecule has 6 unspecified atom stereocenters. The first kappa shape index (κ1) is 71.5. The van der Waals surface area contributed by atoms with Crippen LogP contribution in [0.4, 0.5) is 28.8 Å². The molecule has 0 heterocycles. The normalized spacial score (nSPS) is 12.7. The first-order valence-electron chi connectivity index (χ1n) is 22.7. The van der Waals surface area contributed by atoms with Crippen LogP contribution >= 0.6 is 0 Å². The second-order valence-corrected chi connectivity index (χ2v) is 18.1. The van der Waals surface area contributed by atoms with Gasteiger partial charge in [-0.3, -0.25) is 0 Å². The van der Waals surface area contributed by atoms with Crippen LogP contribution in [-0.2, 0) is 59.1 Å². The van der Waals surface area contributed by atoms with Crippen molar-refractivity contribution in [2.24, 2.45) is 0 Å². The van der Waals surface area contributed by atoms with Gasteiger partial charge in [0.1, 0.15) is 30.3 Å². The Balaban J connectivity index is -0.000000510. The number of nitrogens with zero attached hydrogens (tertiary/aromatic N) is 9. The highest BCUT2D eigenvalue weighted by Gasteiger charge is 2.34. The van der Waals surface area contributed by atoms with Gasteiger partial charge in [-0.15, -0.1) is 0 Å². The zero-order valence-electron chi connectivity index (χ0n) is 47.5. The molecule has 0 radical (unpaired) electrons. The number of carboxylic acid groups (broad SMARTS) is 1. The molecule has 0 aromatic heterocycles. The van der Waals surface area contributed by atoms with Crippen molar-refractivity contribution in [3.63, 3.8) is 0 Å². The van der Waals surface area contributed by atoms with Crippen molar-refractivity contribution in [2.75, 3.05) is 84.6 Å². The number of esters is 5. The molecule has 6 atom stereocenters. The molecule has 0 spiro atoms. The number of rotatable bonds is 14. The van der Waals surface area contributed by atoms with Crippen molar-refractivity contribution in [2.45, 2.75) is 118 Å². The van der Waals surface area contributed by atoms with Gasteiger partial charge in [-0.1, -0.05) is 37.8 Å². The van der Waals surface area contributed by atoms with Gasteiger partial charge in [-0.2, -0.15) is 0 Å². The van der Waals surface area contributed by atoms with E-state index in [2.05, 4.69) is 4.74 Å². The lowest BCUT2D eigenvalue weighted by Gasteiger charge is -2.29. The van der Waals surface area contributed by atoms with Gasteiger partial charge in [-0.05, 0) is 67.9 Å². The summed E-state index contributed by atoms with van der Waals surface area (Å²) < 4.78 is 25.1. The van der Waals surface area contributed by atoms with Crippen LogP contribution in [0.3, 0.4) is 0 Å². The largest absolute Gasteiger partial charge is 1.00 e. The van der Waals surface area contributed by atoms with Gasteiger partial charge in [0.05, 0.1) is 0 Å². The molecule has 0 aliphatic rings. The van der Waals surface area contributed by atoms with Crippen LogP contribution in [-0.4, -0.2) is 248 Å². The lowest BCUT2D eigenvalue weighted by molar-refractivity contribution is -0.176. The maximum absolute atomic E-state index is 12.3. The Morgan fingerprint density at radius 2 is 0.733 bits per heavy atom. The van der Waals surface area contributed by atoms with Crippen LogP contribution in [0.1, 0.15) is 76.7 Å². The van der Waals surface area contributed by atoms with Gasteiger partial charge in [-0.25, -0.2) is 72.2 Å². The molecule has 0 aliphatic carbocycles. The average molecular weight is 1070 g/mol. The monoisotopic (exact) mass is 1070 g/mol. The van der Waals surface area contributed by atoms with E-state index in [1.54, 1.807) is 32.9 Å². The van der Waals surface area contributed by atoms with Gasteiger partial charge in [0.25, 0.3) is 0 Å². The van der Waals surface area contributed by atoms with Gasteiger partial charge >= 0.3 is 73.4 Å². The van der Waals surface area contributed by atoms with Crippen LogP contribution in [0.25, 0.3) is 0 Å². The number of hydrogen-bond donors (Lipinski definition) is 1. The maximum atomic E-state index is 12.3. The summed E-state index contributed by atoms with van der Waals surface area (Å²) in [6.07, 6.45) is -3.56. The summed E-state index contributed by atoms with van der Waals surface area (Å²) in [5, 5.41) is 8.67. The second kappa shape index (κ2) is 32.4. The van der Waals surface area contributed by atoms with E-state index in [0.29, 0.717) is 0 Å². The number of carbonyl (C=O) groups is 12. The number of hydrogen-bond acceptors (Lipinski definition) is 17. The predicted molar refractivity (Wildman–Crippen MR) is 273 cm³/mol. The molecular weight excluding hydrogens is 991 g/mol. The first-order chi connectivity index (χ1) is 33.7. The Morgan fingerprint density at radius 1 is 0.453 bits per heavy atom. The highest BCUT2D eigenvalue weighted by atomic mass is 16.6. The van der Waals surface area contributed by atoms with Crippen molar-refractivity contribution in [1.82, 2.24) is 44.1 Å². The fourth-order valence-electron chi connectivity index (χ4n) is 5.02. The topological polar surface area (TPSA) is 300 Å². The summed E-state index contributed by atoms with van der Waals surface area (Å²) in [6.45, 7) is 13.4. The third-order valence-corrected chi connectivity index (χ3v) is 10.1. The number of imide groups is 3. The molecule has 426 valence electrons. The van der Waals surface area contributed by atoms with Gasteiger partial charge in [0.15, 0.2) is 18.3 Å². The van der Waals surface area contributed by atoms with E-state index in [9.17, 15) is 57.5 Å². The second-order valence-electron chi connectivity index (χ2n) is 18.1. The molecule has 27 nitrogen and oxygen atoms in total. The number of aliphatic carboxylic acids is 1. The van der Waals surface area contributed by atoms with Gasteiger partial charge in [0.2, 0.25) is 0 Å². The SMILES string of the molecule is C.CC(OC(=O)C(C)N(C)C(=O)N(C)C(=O)N(C)C)C(=O)O.CC(OC(=O)C(C)N(C)C(=O)N(C)C(=O)N(C)C)C(=O)OC(C)(C)C.CC(OC(=O)C(C)N(C)C(=O)N(C)C(=O)N(C)C)C(=O)OCc1ccccc1.[H+]. The minimum Gasteiger partial charge on any atom is -0.479 e. The number of likely N-dealkylation sites (N-methyl/N-ethyl adjacent to an activating group) is 3. The average Bonchev–Trinajstić information content (AvgIpc) is 3.33. The molecular formula is C48H82N9O18+. The standard InChI is InChI=1S/C19H27N3O6.C16H29N3O6.C12H21N3O6.CH4/c1-13(21(5)19(26)22(6)18(25)20(3)4)16(23)28-14(2)17(24)27-12-15-10-8-7-9-11-15;1-10(18(8)15(23)19(9)14(22)17(6)7)12(20)24-11(2)13(21)25-16(3,4)5;1-7(10(18)21-8(2)9(16)17)14(5)12(20)15(6)11(19)13(3)4;/h7-11,13-14H,12H2,1-6H3;10-11H,1-9H3;7-8H,1-6H3,(H,16,17);1H4/p+1. The van der Waals surface area contributed by atoms with Gasteiger partial charge in [0, 0.05) is 84.6 Å². The molecule has 0 saturated carbocycles. The van der Waals surface area contributed by atoms with E-state index in [1.165, 1.54) is 141 Å². The highest BCUT2D eigenvalue weighted by molar-refractivity contribution is 5.96. The number of carboxylic acids is 1. The molecule has 0 fully saturated rings. The number of amides is 12. The van der Waals surface area contributed by atoms with Crippen molar-refractivity contribution >= 4 is 72.0 Å². The van der Waals surface area contributed by atoms with Crippen LogP contribution in [0.15, 0.2) is 30.3 Å². The van der Waals surface area contributed by atoms with E-state index in [-0.39, 0.29) is 15.5 Å². The highest BCUT2D eigenvalue weighted by Crippen LogP contribution is 2.13. The fourth-order valence-corrected chi connectivity index (χ4v) is 5.02. The number of carbonyl (C=O) groups excluding carboxylic acids is 11. The van der Waals surface area contributed by atoms with E-state index in [0.717, 1.165) is 35.0 Å². The Labute approximate surface area is 441 Å². The number of benzene rings is 1. The minimum absolute atomic E-state index is 0. The smallest absolute Gasteiger partial charge is 0.479 e. The zero-order valence-corrected chi connectivity index (χ0v) is 46.5. The van der Waals surface area contributed by atoms with Crippen molar-refractivity contribution in [3.8, 4) is 0 Å². The zero-order chi connectivity index (χ0) is 58.4. The summed E-state index contributed by atoms with van der Waals surface area (Å²) in [7, 11) is 16.9. The molecule has 1 aromatic rings. The predicted octanol–water partition coefficient (Wildman–Crippen LogP) is 3.83. The van der Waals surface area contributed by atoms with E-state index in [1.807, 2.05) is 18.2 Å². The summed E-state index contributed by atoms with van der Waals surface area (Å²) in [5.74, 6) is -5.10. The molecule has 27 heteroatoms. The maximum Gasteiger partial charge on any atom is 1.00 e. The molecule has 0 aliphatic heterocycles. The third kappa shape index (κ3) is 24.2. The van der Waals surface area contributed by atoms with Crippen molar-refractivity contribution in [1.29, 1.82) is 0 Å². The van der Waals surface area contributed by atoms with Gasteiger partial charge < -0.3 is 58.2 Å². The Bertz CT molecular complexity index is 2140. The Morgan fingerprint density at radius 3 is 1.00 bits per heavy atom. The van der Waals surface area contributed by atoms with Crippen molar-refractivity contribution < 1.29 is 87.8 Å². The van der Waals surface area contributed by atoms with E-state index >= 15 is 0 Å². The number of urea groups is 6. The minimum atomic E-state index is -1.32. The molecule has 0 saturated heterocycles. The molecule has 1 aromatic carbocycles. The summed E-state index contributed by atoms with van der Waals surface area (Å²) in [4.78, 5) is 152. The fraction of sp³-hybridized carbons (Fsp3) is 0.625.